The molecule has 0 heterocycles. The molecule has 0 aliphatic rings. The zero-order valence-electron chi connectivity index (χ0n) is 11.1. The molecule has 0 fully saturated rings. The second-order valence-corrected chi connectivity index (χ2v) is 6.26. The first-order valence-electron chi connectivity index (χ1n) is 6.36. The molecule has 2 aromatic carbocycles. The molecule has 0 radical (unpaired) electrons. The maximum Gasteiger partial charge on any atom is 0.0585 e. The lowest BCUT2D eigenvalue weighted by atomic mass is 9.97. The summed E-state index contributed by atoms with van der Waals surface area (Å²) in [6, 6.07) is 15.2. The van der Waals surface area contributed by atoms with Gasteiger partial charge < -0.3 is 5.32 Å². The lowest BCUT2D eigenvalue weighted by Crippen LogP contribution is -2.18. The number of hydrogen-bond acceptors (Lipinski definition) is 1. The standard InChI is InChI=1S/C16H17Br2N/c1-3-11-5-4-6-12(9-11)16(19-2)14-10-13(17)7-8-15(14)18/h4-10,16,19H,3H2,1-2H3. The minimum absolute atomic E-state index is 0.193. The van der Waals surface area contributed by atoms with Crippen LogP contribution < -0.4 is 5.32 Å². The van der Waals surface area contributed by atoms with Gasteiger partial charge in [-0.1, -0.05) is 63.0 Å². The Kier molecular flexibility index (Phi) is 5.20. The molecular weight excluding hydrogens is 366 g/mol. The van der Waals surface area contributed by atoms with Crippen molar-refractivity contribution < 1.29 is 0 Å². The fourth-order valence-electron chi connectivity index (χ4n) is 2.23. The summed E-state index contributed by atoms with van der Waals surface area (Å²) >= 11 is 7.19. The second kappa shape index (κ2) is 6.69. The number of rotatable bonds is 4. The molecule has 0 aliphatic carbocycles. The average Bonchev–Trinajstić information content (AvgIpc) is 2.44. The van der Waals surface area contributed by atoms with Crippen LogP contribution in [0.2, 0.25) is 0 Å². The molecule has 0 saturated heterocycles. The lowest BCUT2D eigenvalue weighted by Gasteiger charge is -2.20. The van der Waals surface area contributed by atoms with Gasteiger partial charge in [0.25, 0.3) is 0 Å². The van der Waals surface area contributed by atoms with Crippen molar-refractivity contribution in [3.63, 3.8) is 0 Å². The van der Waals surface area contributed by atoms with E-state index in [0.717, 1.165) is 15.4 Å². The van der Waals surface area contributed by atoms with Gasteiger partial charge in [-0.3, -0.25) is 0 Å². The number of halogens is 2. The zero-order valence-corrected chi connectivity index (χ0v) is 14.3. The molecular formula is C16H17Br2N. The lowest BCUT2D eigenvalue weighted by molar-refractivity contribution is 0.687. The molecule has 1 N–H and O–H groups in total. The molecule has 0 bridgehead atoms. The Bertz CT molecular complexity index is 566. The van der Waals surface area contributed by atoms with Crippen molar-refractivity contribution in [1.82, 2.24) is 5.32 Å². The minimum atomic E-state index is 0.193. The molecule has 0 aromatic heterocycles. The summed E-state index contributed by atoms with van der Waals surface area (Å²) in [5, 5.41) is 3.40. The smallest absolute Gasteiger partial charge is 0.0585 e. The summed E-state index contributed by atoms with van der Waals surface area (Å²) < 4.78 is 2.22. The van der Waals surface area contributed by atoms with E-state index < -0.39 is 0 Å². The van der Waals surface area contributed by atoms with Crippen molar-refractivity contribution in [3.05, 3.63) is 68.1 Å². The minimum Gasteiger partial charge on any atom is -0.309 e. The average molecular weight is 383 g/mol. The Labute approximate surface area is 131 Å². The van der Waals surface area contributed by atoms with E-state index in [4.69, 9.17) is 0 Å². The van der Waals surface area contributed by atoms with Gasteiger partial charge in [-0.2, -0.15) is 0 Å². The number of aryl methyl sites for hydroxylation is 1. The maximum absolute atomic E-state index is 3.64. The van der Waals surface area contributed by atoms with Gasteiger partial charge in [-0.05, 0) is 48.4 Å². The highest BCUT2D eigenvalue weighted by Gasteiger charge is 2.15. The zero-order chi connectivity index (χ0) is 13.8. The van der Waals surface area contributed by atoms with Gasteiger partial charge in [0.05, 0.1) is 6.04 Å². The van der Waals surface area contributed by atoms with Crippen molar-refractivity contribution in [2.24, 2.45) is 0 Å². The van der Waals surface area contributed by atoms with Crippen LogP contribution in [0.15, 0.2) is 51.4 Å². The third kappa shape index (κ3) is 3.47. The topological polar surface area (TPSA) is 12.0 Å². The third-order valence-electron chi connectivity index (χ3n) is 3.25. The van der Waals surface area contributed by atoms with Gasteiger partial charge in [0.2, 0.25) is 0 Å². The van der Waals surface area contributed by atoms with E-state index in [0.29, 0.717) is 0 Å². The van der Waals surface area contributed by atoms with Gasteiger partial charge >= 0.3 is 0 Å². The molecule has 0 amide bonds. The van der Waals surface area contributed by atoms with Crippen molar-refractivity contribution in [2.75, 3.05) is 7.05 Å². The van der Waals surface area contributed by atoms with Crippen LogP contribution in [0.4, 0.5) is 0 Å². The number of benzene rings is 2. The van der Waals surface area contributed by atoms with Crippen LogP contribution in [-0.4, -0.2) is 7.05 Å². The van der Waals surface area contributed by atoms with E-state index in [1.807, 2.05) is 13.1 Å². The third-order valence-corrected chi connectivity index (χ3v) is 4.47. The molecule has 1 atom stereocenters. The van der Waals surface area contributed by atoms with Crippen LogP contribution in [-0.2, 0) is 6.42 Å². The van der Waals surface area contributed by atoms with Crippen LogP contribution in [0.5, 0.6) is 0 Å². The van der Waals surface area contributed by atoms with Crippen molar-refractivity contribution >= 4 is 31.9 Å². The quantitative estimate of drug-likeness (QED) is 0.777. The monoisotopic (exact) mass is 381 g/mol. The van der Waals surface area contributed by atoms with Gasteiger partial charge in [0.1, 0.15) is 0 Å². The fourth-order valence-corrected chi connectivity index (χ4v) is 3.08. The molecule has 100 valence electrons. The highest BCUT2D eigenvalue weighted by atomic mass is 79.9. The first-order valence-corrected chi connectivity index (χ1v) is 7.95. The molecule has 19 heavy (non-hydrogen) atoms. The predicted octanol–water partition coefficient (Wildman–Crippen LogP) is 5.08. The number of hydrogen-bond donors (Lipinski definition) is 1. The largest absolute Gasteiger partial charge is 0.309 e. The molecule has 0 aliphatic heterocycles. The van der Waals surface area contributed by atoms with Gasteiger partial charge in [0, 0.05) is 8.95 Å². The SMILES string of the molecule is CCc1cccc(C(NC)c2cc(Br)ccc2Br)c1. The summed E-state index contributed by atoms with van der Waals surface area (Å²) in [4.78, 5) is 0. The predicted molar refractivity (Wildman–Crippen MR) is 88.6 cm³/mol. The molecule has 2 rings (SSSR count). The molecule has 1 unspecified atom stereocenters. The second-order valence-electron chi connectivity index (χ2n) is 4.49. The first kappa shape index (κ1) is 14.8. The molecule has 1 nitrogen and oxygen atoms in total. The first-order chi connectivity index (χ1) is 9.15. The summed E-state index contributed by atoms with van der Waals surface area (Å²) in [7, 11) is 2.00. The van der Waals surface area contributed by atoms with E-state index in [-0.39, 0.29) is 6.04 Å². The summed E-state index contributed by atoms with van der Waals surface area (Å²) in [5.74, 6) is 0. The van der Waals surface area contributed by atoms with Crippen molar-refractivity contribution in [2.45, 2.75) is 19.4 Å². The van der Waals surface area contributed by atoms with Crippen LogP contribution in [0, 0.1) is 0 Å². The van der Waals surface area contributed by atoms with Gasteiger partial charge in [-0.25, -0.2) is 0 Å². The van der Waals surface area contributed by atoms with Crippen LogP contribution >= 0.6 is 31.9 Å². The Balaban J connectivity index is 2.46. The van der Waals surface area contributed by atoms with Crippen molar-refractivity contribution in [3.8, 4) is 0 Å². The Hall–Kier alpha value is -0.640. The van der Waals surface area contributed by atoms with E-state index in [1.54, 1.807) is 0 Å². The number of nitrogens with one attached hydrogen (secondary N) is 1. The Morgan fingerprint density at radius 1 is 1.11 bits per heavy atom. The van der Waals surface area contributed by atoms with Gasteiger partial charge in [-0.15, -0.1) is 0 Å². The van der Waals surface area contributed by atoms with Gasteiger partial charge in [0.15, 0.2) is 0 Å². The van der Waals surface area contributed by atoms with Crippen LogP contribution in [0.3, 0.4) is 0 Å². The Morgan fingerprint density at radius 3 is 2.58 bits per heavy atom. The maximum atomic E-state index is 3.64. The fraction of sp³-hybridized carbons (Fsp3) is 0.250. The molecule has 0 saturated carbocycles. The summed E-state index contributed by atoms with van der Waals surface area (Å²) in [6.07, 6.45) is 1.06. The highest BCUT2D eigenvalue weighted by molar-refractivity contribution is 9.11. The normalized spacial score (nSPS) is 12.4. The van der Waals surface area contributed by atoms with E-state index in [1.165, 1.54) is 16.7 Å². The van der Waals surface area contributed by atoms with E-state index >= 15 is 0 Å². The van der Waals surface area contributed by atoms with Crippen LogP contribution in [0.25, 0.3) is 0 Å². The van der Waals surface area contributed by atoms with Crippen LogP contribution in [0.1, 0.15) is 29.7 Å². The summed E-state index contributed by atoms with van der Waals surface area (Å²) in [6.45, 7) is 2.18. The molecule has 3 heteroatoms. The molecule has 0 spiro atoms. The molecule has 2 aromatic rings. The summed E-state index contributed by atoms with van der Waals surface area (Å²) in [5.41, 5.74) is 3.90. The highest BCUT2D eigenvalue weighted by Crippen LogP contribution is 2.31. The van der Waals surface area contributed by atoms with E-state index in [2.05, 4.69) is 80.5 Å². The van der Waals surface area contributed by atoms with Crippen molar-refractivity contribution in [1.29, 1.82) is 0 Å². The Morgan fingerprint density at radius 2 is 1.89 bits per heavy atom. The van der Waals surface area contributed by atoms with E-state index in [9.17, 15) is 0 Å².